The number of hydrogen-bond acceptors (Lipinski definition) is 8. The molecule has 2 amide bonds. The van der Waals surface area contributed by atoms with Gasteiger partial charge in [-0.15, -0.1) is 23.1 Å². The molecule has 0 unspecified atom stereocenters. The number of para-hydroxylation sites is 1. The lowest BCUT2D eigenvalue weighted by atomic mass is 10.0. The van der Waals surface area contributed by atoms with E-state index in [2.05, 4.69) is 10.3 Å². The van der Waals surface area contributed by atoms with Gasteiger partial charge in [-0.05, 0) is 29.3 Å². The zero-order chi connectivity index (χ0) is 28.3. The highest BCUT2D eigenvalue weighted by Crippen LogP contribution is 2.39. The minimum Gasteiger partial charge on any atom is -0.507 e. The molecule has 3 heterocycles. The molecule has 41 heavy (non-hydrogen) atoms. The number of fused-ring (bicyclic) bond motifs is 1. The molecule has 0 spiro atoms. The largest absolute Gasteiger partial charge is 0.507 e. The van der Waals surface area contributed by atoms with Crippen molar-refractivity contribution in [2.45, 2.75) is 23.9 Å². The third-order valence-electron chi connectivity index (χ3n) is 6.83. The first kappa shape index (κ1) is 26.8. The highest BCUT2D eigenvalue weighted by molar-refractivity contribution is 8.00. The number of phenolic OH excluding ortho intramolecular Hbond substituents is 1. The molecule has 0 saturated carbocycles. The summed E-state index contributed by atoms with van der Waals surface area (Å²) in [6.07, 6.45) is 1.06. The predicted molar refractivity (Wildman–Crippen MR) is 157 cm³/mol. The topological polar surface area (TPSA) is 109 Å². The van der Waals surface area contributed by atoms with Gasteiger partial charge in [0.25, 0.3) is 5.91 Å². The maximum atomic E-state index is 13.4. The molecule has 2 aliphatic heterocycles. The van der Waals surface area contributed by atoms with Crippen LogP contribution in [0.3, 0.4) is 0 Å². The second-order valence-corrected chi connectivity index (χ2v) is 11.5. The number of aromatic nitrogens is 1. The van der Waals surface area contributed by atoms with Crippen LogP contribution in [0.25, 0.3) is 10.6 Å². The summed E-state index contributed by atoms with van der Waals surface area (Å²) in [5.41, 5.74) is 2.97. The van der Waals surface area contributed by atoms with Gasteiger partial charge in [0.2, 0.25) is 5.91 Å². The van der Waals surface area contributed by atoms with Crippen LogP contribution >= 0.6 is 23.1 Å². The van der Waals surface area contributed by atoms with Crippen molar-refractivity contribution in [3.63, 3.8) is 0 Å². The molecule has 6 rings (SSSR count). The van der Waals surface area contributed by atoms with Crippen molar-refractivity contribution in [2.75, 3.05) is 5.75 Å². The van der Waals surface area contributed by atoms with Gasteiger partial charge in [0, 0.05) is 11.1 Å². The molecule has 2 aliphatic rings. The van der Waals surface area contributed by atoms with Crippen LogP contribution in [0.5, 0.6) is 5.75 Å². The van der Waals surface area contributed by atoms with Crippen LogP contribution in [0.15, 0.2) is 102 Å². The summed E-state index contributed by atoms with van der Waals surface area (Å²) in [4.78, 5) is 45.3. The number of phenols is 1. The average Bonchev–Trinajstić information content (AvgIpc) is 3.47. The fourth-order valence-electron chi connectivity index (χ4n) is 4.84. The molecular weight excluding hydrogens is 558 g/mol. The smallest absolute Gasteiger partial charge is 0.355 e. The Morgan fingerprint density at radius 2 is 1.66 bits per heavy atom. The Morgan fingerprint density at radius 3 is 2.34 bits per heavy atom. The van der Waals surface area contributed by atoms with Crippen molar-refractivity contribution in [3.8, 4) is 16.3 Å². The lowest BCUT2D eigenvalue weighted by Gasteiger charge is -2.48. The summed E-state index contributed by atoms with van der Waals surface area (Å²) >= 11 is 2.81. The van der Waals surface area contributed by atoms with E-state index in [1.54, 1.807) is 35.7 Å². The molecule has 10 heteroatoms. The number of carbonyl (C=O) groups is 3. The summed E-state index contributed by atoms with van der Waals surface area (Å²) < 4.78 is 5.98. The van der Waals surface area contributed by atoms with Gasteiger partial charge in [-0.1, -0.05) is 72.8 Å². The Hall–Kier alpha value is -4.41. The number of ether oxygens (including phenoxy) is 1. The van der Waals surface area contributed by atoms with E-state index in [1.807, 2.05) is 60.7 Å². The number of carbonyl (C=O) groups excluding carboxylic acids is 3. The fourth-order valence-corrected chi connectivity index (χ4v) is 6.88. The number of amides is 2. The van der Waals surface area contributed by atoms with Crippen molar-refractivity contribution < 1.29 is 24.2 Å². The summed E-state index contributed by atoms with van der Waals surface area (Å²) in [6.45, 7) is 0. The van der Waals surface area contributed by atoms with E-state index in [0.29, 0.717) is 22.0 Å². The second kappa shape index (κ2) is 11.6. The van der Waals surface area contributed by atoms with Crippen LogP contribution in [-0.4, -0.2) is 49.9 Å². The van der Waals surface area contributed by atoms with Gasteiger partial charge in [-0.25, -0.2) is 9.78 Å². The lowest BCUT2D eigenvalue weighted by Crippen LogP contribution is -2.70. The van der Waals surface area contributed by atoms with E-state index >= 15 is 0 Å². The first-order chi connectivity index (χ1) is 20.0. The van der Waals surface area contributed by atoms with E-state index in [1.165, 1.54) is 28.0 Å². The van der Waals surface area contributed by atoms with Crippen LogP contribution in [0.2, 0.25) is 0 Å². The molecule has 0 aliphatic carbocycles. The van der Waals surface area contributed by atoms with Crippen molar-refractivity contribution in [1.29, 1.82) is 0 Å². The predicted octanol–water partition coefficient (Wildman–Crippen LogP) is 4.67. The molecule has 1 fully saturated rings. The Bertz CT molecular complexity index is 1580. The molecule has 206 valence electrons. The quantitative estimate of drug-likeness (QED) is 0.229. The molecule has 2 atom stereocenters. The number of rotatable bonds is 8. The molecule has 0 bridgehead atoms. The maximum absolute atomic E-state index is 13.4. The lowest BCUT2D eigenvalue weighted by molar-refractivity contribution is -0.154. The molecule has 4 aromatic rings. The Kier molecular flexibility index (Phi) is 7.58. The molecular formula is C31H25N3O5S2. The van der Waals surface area contributed by atoms with Gasteiger partial charge in [-0.3, -0.25) is 14.5 Å². The maximum Gasteiger partial charge on any atom is 0.355 e. The van der Waals surface area contributed by atoms with Crippen molar-refractivity contribution in [2.24, 2.45) is 0 Å². The standard InChI is InChI=1S/C31H25N3O5S2/c35-24-14-8-7-13-22(24)28-32-21(18-41-28)17-25(36)33-26-29(37)34-23(15-16-40-30(26)34)31(38)39-27(19-9-3-1-4-10-19)20-11-5-2-6-12-20/h1-15,18,26-27,30,35H,16-17H2,(H,33,36)/t26-,30-/m1/s1. The number of nitrogens with zero attached hydrogens (tertiary/aromatic N) is 2. The SMILES string of the molecule is O=C(Cc1csc(-c2ccccc2O)n1)N[C@@H]1C(=O)N2C(C(=O)OC(c3ccccc3)c3ccccc3)=CCS[C@H]12. The summed E-state index contributed by atoms with van der Waals surface area (Å²) in [7, 11) is 0. The number of thiazole rings is 1. The third-order valence-corrected chi connectivity index (χ3v) is 8.94. The van der Waals surface area contributed by atoms with E-state index < -0.39 is 23.5 Å². The number of esters is 1. The Morgan fingerprint density at radius 1 is 1.00 bits per heavy atom. The van der Waals surface area contributed by atoms with E-state index in [9.17, 15) is 19.5 Å². The van der Waals surface area contributed by atoms with E-state index in [4.69, 9.17) is 4.74 Å². The van der Waals surface area contributed by atoms with Gasteiger partial charge >= 0.3 is 5.97 Å². The fraction of sp³-hybridized carbons (Fsp3) is 0.161. The third kappa shape index (κ3) is 5.48. The monoisotopic (exact) mass is 583 g/mol. The van der Waals surface area contributed by atoms with Gasteiger partial charge in [0.1, 0.15) is 27.9 Å². The summed E-state index contributed by atoms with van der Waals surface area (Å²) in [5.74, 6) is -0.672. The van der Waals surface area contributed by atoms with Crippen molar-refractivity contribution in [1.82, 2.24) is 15.2 Å². The first-order valence-electron chi connectivity index (χ1n) is 13.0. The zero-order valence-electron chi connectivity index (χ0n) is 21.7. The summed E-state index contributed by atoms with van der Waals surface area (Å²) in [6, 6.07) is 25.0. The molecule has 8 nitrogen and oxygen atoms in total. The Labute approximate surface area is 244 Å². The van der Waals surface area contributed by atoms with Crippen LogP contribution in [-0.2, 0) is 25.5 Å². The number of nitrogens with one attached hydrogen (secondary N) is 1. The first-order valence-corrected chi connectivity index (χ1v) is 14.9. The second-order valence-electron chi connectivity index (χ2n) is 9.51. The average molecular weight is 584 g/mol. The van der Waals surface area contributed by atoms with Crippen LogP contribution in [0.1, 0.15) is 22.9 Å². The van der Waals surface area contributed by atoms with E-state index in [-0.39, 0.29) is 29.7 Å². The molecule has 3 aromatic carbocycles. The van der Waals surface area contributed by atoms with Gasteiger partial charge < -0.3 is 15.2 Å². The number of β-lactam (4-membered cyclic amide) rings is 1. The van der Waals surface area contributed by atoms with Crippen molar-refractivity contribution >= 4 is 40.9 Å². The van der Waals surface area contributed by atoms with Crippen LogP contribution in [0.4, 0.5) is 0 Å². The van der Waals surface area contributed by atoms with Gasteiger partial charge in [-0.2, -0.15) is 0 Å². The normalized spacial score (nSPS) is 17.8. The molecule has 0 radical (unpaired) electrons. The van der Waals surface area contributed by atoms with Gasteiger partial charge in [0.15, 0.2) is 6.10 Å². The van der Waals surface area contributed by atoms with Crippen molar-refractivity contribution in [3.05, 3.63) is 119 Å². The van der Waals surface area contributed by atoms with Crippen LogP contribution in [0, 0.1) is 0 Å². The van der Waals surface area contributed by atoms with Gasteiger partial charge in [0.05, 0.1) is 17.7 Å². The highest BCUT2D eigenvalue weighted by Gasteiger charge is 2.53. The number of benzene rings is 3. The van der Waals surface area contributed by atoms with Crippen LogP contribution < -0.4 is 5.32 Å². The highest BCUT2D eigenvalue weighted by atomic mass is 32.2. The Balaban J connectivity index is 1.11. The summed E-state index contributed by atoms with van der Waals surface area (Å²) in [5, 5.41) is 14.9. The minimum absolute atomic E-state index is 0.00810. The number of hydrogen-bond donors (Lipinski definition) is 2. The molecule has 2 N–H and O–H groups in total. The van der Waals surface area contributed by atoms with E-state index in [0.717, 1.165) is 11.1 Å². The number of thioether (sulfide) groups is 1. The number of aromatic hydroxyl groups is 1. The molecule has 1 saturated heterocycles. The minimum atomic E-state index is -0.751. The molecule has 1 aromatic heterocycles. The zero-order valence-corrected chi connectivity index (χ0v) is 23.3.